The van der Waals surface area contributed by atoms with Gasteiger partial charge in [0.2, 0.25) is 0 Å². The zero-order chi connectivity index (χ0) is 11.8. The highest BCUT2D eigenvalue weighted by molar-refractivity contribution is 5.19. The molecule has 16 heavy (non-hydrogen) atoms. The molecule has 1 rings (SSSR count). The SMILES string of the molecule is CC(C)CCCCC(CN)c1ccccc1. The number of unbranched alkanes of at least 4 members (excludes halogenated alkanes) is 1. The van der Waals surface area contributed by atoms with Crippen molar-refractivity contribution in [1.29, 1.82) is 0 Å². The van der Waals surface area contributed by atoms with Crippen LogP contribution >= 0.6 is 0 Å². The first kappa shape index (κ1) is 13.2. The molecular formula is C15H25N. The maximum atomic E-state index is 5.85. The molecule has 0 aliphatic carbocycles. The quantitative estimate of drug-likeness (QED) is 0.690. The van der Waals surface area contributed by atoms with Crippen molar-refractivity contribution < 1.29 is 0 Å². The van der Waals surface area contributed by atoms with Crippen LogP contribution in [0.1, 0.15) is 51.0 Å². The van der Waals surface area contributed by atoms with Gasteiger partial charge in [0.25, 0.3) is 0 Å². The van der Waals surface area contributed by atoms with Crippen LogP contribution in [0.5, 0.6) is 0 Å². The lowest BCUT2D eigenvalue weighted by molar-refractivity contribution is 0.502. The predicted octanol–water partition coefficient (Wildman–Crippen LogP) is 3.95. The second-order valence-corrected chi connectivity index (χ2v) is 5.02. The van der Waals surface area contributed by atoms with E-state index < -0.39 is 0 Å². The summed E-state index contributed by atoms with van der Waals surface area (Å²) in [5.41, 5.74) is 7.24. The lowest BCUT2D eigenvalue weighted by Gasteiger charge is -2.15. The largest absolute Gasteiger partial charge is 0.330 e. The molecule has 1 heteroatoms. The predicted molar refractivity (Wildman–Crippen MR) is 71.5 cm³/mol. The summed E-state index contributed by atoms with van der Waals surface area (Å²) in [7, 11) is 0. The van der Waals surface area contributed by atoms with Crippen molar-refractivity contribution >= 4 is 0 Å². The minimum Gasteiger partial charge on any atom is -0.330 e. The van der Waals surface area contributed by atoms with E-state index in [1.807, 2.05) is 0 Å². The number of hydrogen-bond donors (Lipinski definition) is 1. The second-order valence-electron chi connectivity index (χ2n) is 5.02. The van der Waals surface area contributed by atoms with E-state index in [1.54, 1.807) is 0 Å². The van der Waals surface area contributed by atoms with E-state index in [0.29, 0.717) is 5.92 Å². The van der Waals surface area contributed by atoms with Crippen LogP contribution in [-0.4, -0.2) is 6.54 Å². The summed E-state index contributed by atoms with van der Waals surface area (Å²) < 4.78 is 0. The number of rotatable bonds is 7. The van der Waals surface area contributed by atoms with E-state index in [-0.39, 0.29) is 0 Å². The summed E-state index contributed by atoms with van der Waals surface area (Å²) in [6.07, 6.45) is 5.20. The molecule has 1 nitrogen and oxygen atoms in total. The molecule has 0 amide bonds. The van der Waals surface area contributed by atoms with Gasteiger partial charge in [0.05, 0.1) is 0 Å². The van der Waals surface area contributed by atoms with Crippen LogP contribution in [-0.2, 0) is 0 Å². The molecule has 0 fully saturated rings. The van der Waals surface area contributed by atoms with Crippen LogP contribution in [0.4, 0.5) is 0 Å². The smallest absolute Gasteiger partial charge is 0.000824 e. The van der Waals surface area contributed by atoms with Gasteiger partial charge in [0.1, 0.15) is 0 Å². The molecule has 0 aliphatic heterocycles. The van der Waals surface area contributed by atoms with Gasteiger partial charge in [0.15, 0.2) is 0 Å². The van der Waals surface area contributed by atoms with E-state index in [0.717, 1.165) is 12.5 Å². The molecule has 2 N–H and O–H groups in total. The molecule has 0 saturated carbocycles. The topological polar surface area (TPSA) is 26.0 Å². The van der Waals surface area contributed by atoms with Gasteiger partial charge in [-0.2, -0.15) is 0 Å². The minimum atomic E-state index is 0.549. The van der Waals surface area contributed by atoms with Crippen LogP contribution in [0, 0.1) is 5.92 Å². The first-order valence-corrected chi connectivity index (χ1v) is 6.49. The normalized spacial score (nSPS) is 13.0. The minimum absolute atomic E-state index is 0.549. The van der Waals surface area contributed by atoms with Crippen molar-refractivity contribution in [2.24, 2.45) is 11.7 Å². The van der Waals surface area contributed by atoms with E-state index in [9.17, 15) is 0 Å². The number of hydrogen-bond acceptors (Lipinski definition) is 1. The summed E-state index contributed by atoms with van der Waals surface area (Å²) in [6, 6.07) is 10.7. The van der Waals surface area contributed by atoms with E-state index in [2.05, 4.69) is 44.2 Å². The third kappa shape index (κ3) is 4.80. The lowest BCUT2D eigenvalue weighted by atomic mass is 9.92. The van der Waals surface area contributed by atoms with Crippen LogP contribution in [0.2, 0.25) is 0 Å². The monoisotopic (exact) mass is 219 g/mol. The van der Waals surface area contributed by atoms with Crippen molar-refractivity contribution in [1.82, 2.24) is 0 Å². The lowest BCUT2D eigenvalue weighted by Crippen LogP contribution is -2.12. The average Bonchev–Trinajstić information content (AvgIpc) is 2.30. The van der Waals surface area contributed by atoms with Gasteiger partial charge in [0, 0.05) is 0 Å². The van der Waals surface area contributed by atoms with Gasteiger partial charge < -0.3 is 5.73 Å². The number of benzene rings is 1. The van der Waals surface area contributed by atoms with Crippen molar-refractivity contribution in [3.63, 3.8) is 0 Å². The Labute approximate surface area is 100 Å². The Morgan fingerprint density at radius 2 is 1.62 bits per heavy atom. The maximum Gasteiger partial charge on any atom is -0.000824 e. The first-order chi connectivity index (χ1) is 7.74. The molecule has 0 aliphatic rings. The summed E-state index contributed by atoms with van der Waals surface area (Å²) >= 11 is 0. The van der Waals surface area contributed by atoms with Crippen molar-refractivity contribution in [3.8, 4) is 0 Å². The Bertz CT molecular complexity index is 266. The van der Waals surface area contributed by atoms with Crippen LogP contribution < -0.4 is 5.73 Å². The summed E-state index contributed by atoms with van der Waals surface area (Å²) in [6.45, 7) is 5.35. The molecule has 0 heterocycles. The second kappa shape index (κ2) is 7.45. The average molecular weight is 219 g/mol. The Balaban J connectivity index is 2.33. The molecule has 0 spiro atoms. The third-order valence-electron chi connectivity index (χ3n) is 3.14. The Kier molecular flexibility index (Phi) is 6.17. The fraction of sp³-hybridized carbons (Fsp3) is 0.600. The molecule has 1 aromatic carbocycles. The van der Waals surface area contributed by atoms with Gasteiger partial charge in [-0.1, -0.05) is 63.4 Å². The number of nitrogens with two attached hydrogens (primary N) is 1. The maximum absolute atomic E-state index is 5.85. The molecule has 0 aromatic heterocycles. The highest BCUT2D eigenvalue weighted by Crippen LogP contribution is 2.21. The first-order valence-electron chi connectivity index (χ1n) is 6.49. The zero-order valence-corrected chi connectivity index (χ0v) is 10.7. The summed E-state index contributed by atoms with van der Waals surface area (Å²) in [5, 5.41) is 0. The third-order valence-corrected chi connectivity index (χ3v) is 3.14. The van der Waals surface area contributed by atoms with E-state index in [1.165, 1.54) is 31.2 Å². The molecular weight excluding hydrogens is 194 g/mol. The Morgan fingerprint density at radius 3 is 2.19 bits per heavy atom. The van der Waals surface area contributed by atoms with E-state index >= 15 is 0 Å². The van der Waals surface area contributed by atoms with Crippen LogP contribution in [0.15, 0.2) is 30.3 Å². The highest BCUT2D eigenvalue weighted by atomic mass is 14.5. The van der Waals surface area contributed by atoms with Crippen molar-refractivity contribution in [3.05, 3.63) is 35.9 Å². The van der Waals surface area contributed by atoms with Gasteiger partial charge in [-0.05, 0) is 30.4 Å². The van der Waals surface area contributed by atoms with Gasteiger partial charge >= 0.3 is 0 Å². The highest BCUT2D eigenvalue weighted by Gasteiger charge is 2.08. The standard InChI is InChI=1S/C15H25N/c1-13(2)8-6-7-11-15(12-16)14-9-4-3-5-10-14/h3-5,9-10,13,15H,6-8,11-12,16H2,1-2H3. The molecule has 0 saturated heterocycles. The summed E-state index contributed by atoms with van der Waals surface area (Å²) in [5.74, 6) is 1.38. The van der Waals surface area contributed by atoms with Crippen LogP contribution in [0.25, 0.3) is 0 Å². The Morgan fingerprint density at radius 1 is 1.00 bits per heavy atom. The zero-order valence-electron chi connectivity index (χ0n) is 10.7. The molecule has 1 atom stereocenters. The molecule has 1 unspecified atom stereocenters. The molecule has 1 aromatic rings. The fourth-order valence-electron chi connectivity index (χ4n) is 2.09. The van der Waals surface area contributed by atoms with Crippen molar-refractivity contribution in [2.75, 3.05) is 6.54 Å². The van der Waals surface area contributed by atoms with Crippen molar-refractivity contribution in [2.45, 2.75) is 45.4 Å². The summed E-state index contributed by atoms with van der Waals surface area (Å²) in [4.78, 5) is 0. The Hall–Kier alpha value is -0.820. The fourth-order valence-corrected chi connectivity index (χ4v) is 2.09. The molecule has 90 valence electrons. The van der Waals surface area contributed by atoms with E-state index in [4.69, 9.17) is 5.73 Å². The van der Waals surface area contributed by atoms with Gasteiger partial charge in [-0.25, -0.2) is 0 Å². The molecule has 0 bridgehead atoms. The van der Waals surface area contributed by atoms with Gasteiger partial charge in [-0.15, -0.1) is 0 Å². The van der Waals surface area contributed by atoms with Crippen LogP contribution in [0.3, 0.4) is 0 Å². The van der Waals surface area contributed by atoms with Gasteiger partial charge in [-0.3, -0.25) is 0 Å². The molecule has 0 radical (unpaired) electrons.